The SMILES string of the molecule is N#Cc1cc(F)ccc1NCc1cccnc1. The molecule has 2 aromatic rings. The van der Waals surface area contributed by atoms with Crippen LogP contribution in [0.25, 0.3) is 0 Å². The van der Waals surface area contributed by atoms with Gasteiger partial charge in [0.2, 0.25) is 0 Å². The third-order valence-corrected chi connectivity index (χ3v) is 2.31. The van der Waals surface area contributed by atoms with Gasteiger partial charge >= 0.3 is 0 Å². The lowest BCUT2D eigenvalue weighted by atomic mass is 10.2. The molecule has 3 nitrogen and oxygen atoms in total. The van der Waals surface area contributed by atoms with Crippen molar-refractivity contribution in [3.05, 3.63) is 59.7 Å². The summed E-state index contributed by atoms with van der Waals surface area (Å²) >= 11 is 0. The number of anilines is 1. The number of benzene rings is 1. The molecule has 0 aliphatic rings. The molecule has 0 bridgehead atoms. The number of nitrogens with zero attached hydrogens (tertiary/aromatic N) is 2. The van der Waals surface area contributed by atoms with Gasteiger partial charge in [-0.05, 0) is 29.8 Å². The highest BCUT2D eigenvalue weighted by atomic mass is 19.1. The number of hydrogen-bond donors (Lipinski definition) is 1. The van der Waals surface area contributed by atoms with E-state index in [1.165, 1.54) is 12.1 Å². The number of nitrogens with one attached hydrogen (secondary N) is 1. The second-order valence-corrected chi connectivity index (χ2v) is 3.52. The minimum absolute atomic E-state index is 0.300. The van der Waals surface area contributed by atoms with Gasteiger partial charge in [-0.25, -0.2) is 4.39 Å². The molecule has 0 unspecified atom stereocenters. The van der Waals surface area contributed by atoms with Crippen molar-refractivity contribution in [3.8, 4) is 6.07 Å². The first-order valence-electron chi connectivity index (χ1n) is 5.12. The molecule has 0 radical (unpaired) electrons. The largest absolute Gasteiger partial charge is 0.380 e. The molecule has 0 atom stereocenters. The van der Waals surface area contributed by atoms with E-state index in [1.807, 2.05) is 18.2 Å². The van der Waals surface area contributed by atoms with Crippen LogP contribution in [0.3, 0.4) is 0 Å². The van der Waals surface area contributed by atoms with E-state index < -0.39 is 5.82 Å². The molecule has 0 saturated carbocycles. The Labute approximate surface area is 98.5 Å². The third-order valence-electron chi connectivity index (χ3n) is 2.31. The third kappa shape index (κ3) is 2.79. The van der Waals surface area contributed by atoms with Crippen molar-refractivity contribution in [2.75, 3.05) is 5.32 Å². The number of halogens is 1. The highest BCUT2D eigenvalue weighted by molar-refractivity contribution is 5.57. The molecule has 84 valence electrons. The summed E-state index contributed by atoms with van der Waals surface area (Å²) < 4.78 is 12.9. The van der Waals surface area contributed by atoms with E-state index in [1.54, 1.807) is 18.5 Å². The van der Waals surface area contributed by atoms with Crippen LogP contribution in [0.2, 0.25) is 0 Å². The minimum atomic E-state index is -0.409. The van der Waals surface area contributed by atoms with Gasteiger partial charge in [-0.2, -0.15) is 5.26 Å². The lowest BCUT2D eigenvalue weighted by molar-refractivity contribution is 0.627. The van der Waals surface area contributed by atoms with Crippen molar-refractivity contribution in [1.82, 2.24) is 4.98 Å². The molecule has 0 amide bonds. The van der Waals surface area contributed by atoms with Gasteiger partial charge < -0.3 is 5.32 Å². The lowest BCUT2D eigenvalue weighted by Gasteiger charge is -2.07. The Morgan fingerprint density at radius 1 is 1.35 bits per heavy atom. The normalized spacial score (nSPS) is 9.65. The number of aromatic nitrogens is 1. The summed E-state index contributed by atoms with van der Waals surface area (Å²) in [6, 6.07) is 9.82. The summed E-state index contributed by atoms with van der Waals surface area (Å²) in [4.78, 5) is 3.99. The van der Waals surface area contributed by atoms with Gasteiger partial charge in [0.25, 0.3) is 0 Å². The van der Waals surface area contributed by atoms with E-state index in [4.69, 9.17) is 5.26 Å². The average Bonchev–Trinajstić information content (AvgIpc) is 2.38. The van der Waals surface area contributed by atoms with Crippen LogP contribution in [0.1, 0.15) is 11.1 Å². The maximum Gasteiger partial charge on any atom is 0.124 e. The summed E-state index contributed by atoms with van der Waals surface area (Å²) in [5, 5.41) is 11.9. The van der Waals surface area contributed by atoms with E-state index >= 15 is 0 Å². The minimum Gasteiger partial charge on any atom is -0.380 e. The maximum atomic E-state index is 12.9. The summed E-state index contributed by atoms with van der Waals surface area (Å²) in [7, 11) is 0. The predicted octanol–water partition coefficient (Wildman–Crippen LogP) is 2.70. The Morgan fingerprint density at radius 3 is 2.94 bits per heavy atom. The quantitative estimate of drug-likeness (QED) is 0.877. The number of pyridine rings is 1. The van der Waals surface area contributed by atoms with Crippen molar-refractivity contribution in [2.24, 2.45) is 0 Å². The van der Waals surface area contributed by atoms with Gasteiger partial charge in [-0.1, -0.05) is 6.07 Å². The van der Waals surface area contributed by atoms with E-state index in [0.717, 1.165) is 5.56 Å². The standard InChI is InChI=1S/C13H10FN3/c14-12-3-4-13(11(6-12)7-15)17-9-10-2-1-5-16-8-10/h1-6,8,17H,9H2. The molecular formula is C13H10FN3. The first-order valence-corrected chi connectivity index (χ1v) is 5.12. The van der Waals surface area contributed by atoms with Crippen LogP contribution in [-0.2, 0) is 6.54 Å². The molecule has 0 spiro atoms. The van der Waals surface area contributed by atoms with Gasteiger partial charge in [0.05, 0.1) is 11.3 Å². The van der Waals surface area contributed by atoms with Crippen LogP contribution in [-0.4, -0.2) is 4.98 Å². The fraction of sp³-hybridized carbons (Fsp3) is 0.0769. The number of nitriles is 1. The average molecular weight is 227 g/mol. The molecule has 0 aliphatic heterocycles. The number of rotatable bonds is 3. The molecule has 2 rings (SSSR count). The number of hydrogen-bond acceptors (Lipinski definition) is 3. The molecule has 0 fully saturated rings. The topological polar surface area (TPSA) is 48.7 Å². The van der Waals surface area contributed by atoms with Gasteiger partial charge in [-0.15, -0.1) is 0 Å². The van der Waals surface area contributed by atoms with Crippen molar-refractivity contribution in [3.63, 3.8) is 0 Å². The maximum absolute atomic E-state index is 12.9. The summed E-state index contributed by atoms with van der Waals surface area (Å²) in [5.41, 5.74) is 1.92. The second-order valence-electron chi connectivity index (χ2n) is 3.52. The Balaban J connectivity index is 2.12. The lowest BCUT2D eigenvalue weighted by Crippen LogP contribution is -2.01. The molecule has 1 N–H and O–H groups in total. The van der Waals surface area contributed by atoms with Gasteiger partial charge in [-0.3, -0.25) is 4.98 Å². The molecule has 0 saturated heterocycles. The van der Waals surface area contributed by atoms with Gasteiger partial charge in [0.15, 0.2) is 0 Å². The van der Waals surface area contributed by atoms with Crippen LogP contribution in [0, 0.1) is 17.1 Å². The Bertz CT molecular complexity index is 546. The zero-order valence-electron chi connectivity index (χ0n) is 9.02. The fourth-order valence-electron chi connectivity index (χ4n) is 1.46. The molecule has 1 heterocycles. The fourth-order valence-corrected chi connectivity index (χ4v) is 1.46. The van der Waals surface area contributed by atoms with E-state index in [-0.39, 0.29) is 0 Å². The van der Waals surface area contributed by atoms with Crippen molar-refractivity contribution in [1.29, 1.82) is 5.26 Å². The van der Waals surface area contributed by atoms with Crippen LogP contribution < -0.4 is 5.32 Å². The molecular weight excluding hydrogens is 217 g/mol. The van der Waals surface area contributed by atoms with Gasteiger partial charge in [0, 0.05) is 18.9 Å². The van der Waals surface area contributed by atoms with Crippen molar-refractivity contribution < 1.29 is 4.39 Å². The van der Waals surface area contributed by atoms with Crippen LogP contribution >= 0.6 is 0 Å². The van der Waals surface area contributed by atoms with Gasteiger partial charge in [0.1, 0.15) is 11.9 Å². The predicted molar refractivity (Wildman–Crippen MR) is 62.7 cm³/mol. The highest BCUT2D eigenvalue weighted by Gasteiger charge is 2.03. The highest BCUT2D eigenvalue weighted by Crippen LogP contribution is 2.16. The van der Waals surface area contributed by atoms with Crippen molar-refractivity contribution in [2.45, 2.75) is 6.54 Å². The molecule has 4 heteroatoms. The Hall–Kier alpha value is -2.41. The first-order chi connectivity index (χ1) is 8.29. The smallest absolute Gasteiger partial charge is 0.124 e. The Morgan fingerprint density at radius 2 is 2.24 bits per heavy atom. The van der Waals surface area contributed by atoms with E-state index in [0.29, 0.717) is 17.8 Å². The zero-order valence-corrected chi connectivity index (χ0v) is 9.02. The second kappa shape index (κ2) is 5.08. The van der Waals surface area contributed by atoms with E-state index in [9.17, 15) is 4.39 Å². The first kappa shape index (κ1) is 11.1. The zero-order chi connectivity index (χ0) is 12.1. The summed E-state index contributed by atoms with van der Waals surface area (Å²) in [6.07, 6.45) is 3.44. The Kier molecular flexibility index (Phi) is 3.31. The molecule has 17 heavy (non-hydrogen) atoms. The summed E-state index contributed by atoms with van der Waals surface area (Å²) in [6.45, 7) is 0.550. The summed E-state index contributed by atoms with van der Waals surface area (Å²) in [5.74, 6) is -0.409. The van der Waals surface area contributed by atoms with Crippen molar-refractivity contribution >= 4 is 5.69 Å². The molecule has 0 aliphatic carbocycles. The molecule has 1 aromatic carbocycles. The van der Waals surface area contributed by atoms with Crippen LogP contribution in [0.15, 0.2) is 42.7 Å². The van der Waals surface area contributed by atoms with Crippen LogP contribution in [0.4, 0.5) is 10.1 Å². The van der Waals surface area contributed by atoms with E-state index in [2.05, 4.69) is 10.3 Å². The molecule has 1 aromatic heterocycles. The van der Waals surface area contributed by atoms with Crippen LogP contribution in [0.5, 0.6) is 0 Å². The monoisotopic (exact) mass is 227 g/mol.